The van der Waals surface area contributed by atoms with Crippen LogP contribution in [0.4, 0.5) is 4.79 Å². The van der Waals surface area contributed by atoms with Crippen molar-refractivity contribution in [2.24, 2.45) is 0 Å². The molecule has 0 saturated carbocycles. The molecular weight excluding hydrogens is 170 g/mol. The number of hydrogen-bond donors (Lipinski definition) is 2. The summed E-state index contributed by atoms with van der Waals surface area (Å²) in [4.78, 5) is 10.7. The molecule has 4 heteroatoms. The van der Waals surface area contributed by atoms with E-state index < -0.39 is 6.09 Å². The molecule has 0 spiro atoms. The molecule has 0 radical (unpaired) electrons. The Hall–Kier alpha value is -1.71. The third-order valence-corrected chi connectivity index (χ3v) is 1.51. The number of phenolic OH excluding ortho intramolecular Hbond substituents is 1. The van der Waals surface area contributed by atoms with Crippen molar-refractivity contribution in [2.45, 2.75) is 6.61 Å². The van der Waals surface area contributed by atoms with E-state index in [1.54, 1.807) is 24.3 Å². The van der Waals surface area contributed by atoms with Crippen LogP contribution in [-0.2, 0) is 11.3 Å². The van der Waals surface area contributed by atoms with Crippen LogP contribution in [0.25, 0.3) is 0 Å². The molecule has 2 N–H and O–H groups in total. The van der Waals surface area contributed by atoms with E-state index in [-0.39, 0.29) is 12.4 Å². The summed E-state index contributed by atoms with van der Waals surface area (Å²) in [7, 11) is 1.50. The minimum absolute atomic E-state index is 0.198. The van der Waals surface area contributed by atoms with Gasteiger partial charge in [0.1, 0.15) is 12.4 Å². The summed E-state index contributed by atoms with van der Waals surface area (Å²) in [5.74, 6) is 0.198. The number of aromatic hydroxyl groups is 1. The number of rotatable bonds is 2. The van der Waals surface area contributed by atoms with Crippen molar-refractivity contribution in [3.63, 3.8) is 0 Å². The Morgan fingerprint density at radius 1 is 1.46 bits per heavy atom. The van der Waals surface area contributed by atoms with E-state index in [1.807, 2.05) is 0 Å². The molecule has 0 saturated heterocycles. The lowest BCUT2D eigenvalue weighted by Crippen LogP contribution is -2.18. The summed E-state index contributed by atoms with van der Waals surface area (Å²) in [6.07, 6.45) is -0.465. The largest absolute Gasteiger partial charge is 0.508 e. The third kappa shape index (κ3) is 3.02. The van der Waals surface area contributed by atoms with Crippen LogP contribution in [0.15, 0.2) is 24.3 Å². The van der Waals surface area contributed by atoms with E-state index >= 15 is 0 Å². The molecule has 0 atom stereocenters. The van der Waals surface area contributed by atoms with Crippen LogP contribution >= 0.6 is 0 Å². The van der Waals surface area contributed by atoms with Crippen molar-refractivity contribution in [3.05, 3.63) is 29.8 Å². The number of amides is 1. The average Bonchev–Trinajstić information content (AvgIpc) is 2.16. The van der Waals surface area contributed by atoms with Gasteiger partial charge in [0.2, 0.25) is 0 Å². The molecule has 0 aromatic heterocycles. The number of carbonyl (C=O) groups is 1. The van der Waals surface area contributed by atoms with Gasteiger partial charge in [-0.2, -0.15) is 0 Å². The first kappa shape index (κ1) is 9.38. The van der Waals surface area contributed by atoms with Gasteiger partial charge < -0.3 is 15.2 Å². The predicted molar refractivity (Wildman–Crippen MR) is 47.4 cm³/mol. The monoisotopic (exact) mass is 181 g/mol. The van der Waals surface area contributed by atoms with Gasteiger partial charge in [-0.25, -0.2) is 4.79 Å². The first-order valence-corrected chi connectivity index (χ1v) is 3.85. The Bertz CT molecular complexity index is 281. The fourth-order valence-electron chi connectivity index (χ4n) is 0.813. The van der Waals surface area contributed by atoms with Crippen LogP contribution < -0.4 is 5.32 Å². The van der Waals surface area contributed by atoms with E-state index in [1.165, 1.54) is 7.05 Å². The summed E-state index contributed by atoms with van der Waals surface area (Å²) in [5, 5.41) is 11.3. The standard InChI is InChI=1S/C9H11NO3/c1-10-9(12)13-6-7-2-4-8(11)5-3-7/h2-5,11H,6H2,1H3,(H,10,12). The second-order valence-corrected chi connectivity index (χ2v) is 2.49. The molecule has 0 unspecified atom stereocenters. The molecule has 0 aliphatic carbocycles. The second kappa shape index (κ2) is 4.35. The number of benzene rings is 1. The minimum Gasteiger partial charge on any atom is -0.508 e. The molecule has 1 aromatic rings. The van der Waals surface area contributed by atoms with Gasteiger partial charge in [0.15, 0.2) is 0 Å². The van der Waals surface area contributed by atoms with Crippen molar-refractivity contribution in [1.29, 1.82) is 0 Å². The summed E-state index contributed by atoms with van der Waals surface area (Å²) in [6, 6.07) is 6.47. The molecule has 0 aliphatic heterocycles. The Labute approximate surface area is 76.1 Å². The van der Waals surface area contributed by atoms with Crippen molar-refractivity contribution < 1.29 is 14.6 Å². The van der Waals surface area contributed by atoms with Gasteiger partial charge in [0, 0.05) is 7.05 Å². The highest BCUT2D eigenvalue weighted by Crippen LogP contribution is 2.10. The number of hydrogen-bond acceptors (Lipinski definition) is 3. The lowest BCUT2D eigenvalue weighted by Gasteiger charge is -2.03. The molecule has 0 heterocycles. The highest BCUT2D eigenvalue weighted by Gasteiger charge is 1.98. The predicted octanol–water partition coefficient (Wildman–Crippen LogP) is 1.25. The fourth-order valence-corrected chi connectivity index (χ4v) is 0.813. The van der Waals surface area contributed by atoms with Gasteiger partial charge in [-0.15, -0.1) is 0 Å². The van der Waals surface area contributed by atoms with Crippen molar-refractivity contribution in [2.75, 3.05) is 7.05 Å². The molecule has 1 aromatic carbocycles. The summed E-state index contributed by atoms with van der Waals surface area (Å²) in [6.45, 7) is 0.208. The van der Waals surface area contributed by atoms with E-state index in [2.05, 4.69) is 5.32 Å². The Kier molecular flexibility index (Phi) is 3.14. The van der Waals surface area contributed by atoms with E-state index in [9.17, 15) is 4.79 Å². The number of alkyl carbamates (subject to hydrolysis) is 1. The first-order chi connectivity index (χ1) is 6.22. The number of phenols is 1. The normalized spacial score (nSPS) is 9.31. The maximum Gasteiger partial charge on any atom is 0.407 e. The molecule has 4 nitrogen and oxygen atoms in total. The number of ether oxygens (including phenoxy) is 1. The molecule has 1 amide bonds. The van der Waals surface area contributed by atoms with Crippen LogP contribution in [0.1, 0.15) is 5.56 Å². The van der Waals surface area contributed by atoms with E-state index in [0.29, 0.717) is 0 Å². The minimum atomic E-state index is -0.465. The zero-order valence-electron chi connectivity index (χ0n) is 7.28. The van der Waals surface area contributed by atoms with Crippen molar-refractivity contribution in [3.8, 4) is 5.75 Å². The average molecular weight is 181 g/mol. The molecule has 0 fully saturated rings. The van der Waals surface area contributed by atoms with Gasteiger partial charge in [-0.1, -0.05) is 12.1 Å². The van der Waals surface area contributed by atoms with Crippen molar-refractivity contribution >= 4 is 6.09 Å². The number of carbonyl (C=O) groups excluding carboxylic acids is 1. The topological polar surface area (TPSA) is 58.6 Å². The molecule has 13 heavy (non-hydrogen) atoms. The zero-order chi connectivity index (χ0) is 9.68. The highest BCUT2D eigenvalue weighted by molar-refractivity contribution is 5.66. The fraction of sp³-hybridized carbons (Fsp3) is 0.222. The summed E-state index contributed by atoms with van der Waals surface area (Å²) < 4.78 is 4.79. The lowest BCUT2D eigenvalue weighted by atomic mass is 10.2. The SMILES string of the molecule is CNC(=O)OCc1ccc(O)cc1. The van der Waals surface area contributed by atoms with Gasteiger partial charge >= 0.3 is 6.09 Å². The van der Waals surface area contributed by atoms with Crippen LogP contribution in [0.5, 0.6) is 5.75 Å². The quantitative estimate of drug-likeness (QED) is 0.721. The van der Waals surface area contributed by atoms with Crippen LogP contribution in [0, 0.1) is 0 Å². The third-order valence-electron chi connectivity index (χ3n) is 1.51. The Morgan fingerprint density at radius 3 is 2.62 bits per heavy atom. The maximum atomic E-state index is 10.7. The van der Waals surface area contributed by atoms with Crippen molar-refractivity contribution in [1.82, 2.24) is 5.32 Å². The molecule has 70 valence electrons. The summed E-state index contributed by atoms with van der Waals surface area (Å²) in [5.41, 5.74) is 0.835. The van der Waals surface area contributed by atoms with Gasteiger partial charge in [0.05, 0.1) is 0 Å². The molecular formula is C9H11NO3. The van der Waals surface area contributed by atoms with Crippen LogP contribution in [0.3, 0.4) is 0 Å². The Morgan fingerprint density at radius 2 is 2.08 bits per heavy atom. The summed E-state index contributed by atoms with van der Waals surface area (Å²) >= 11 is 0. The van der Waals surface area contributed by atoms with Crippen LogP contribution in [0.2, 0.25) is 0 Å². The van der Waals surface area contributed by atoms with Crippen LogP contribution in [-0.4, -0.2) is 18.2 Å². The molecule has 1 rings (SSSR count). The maximum absolute atomic E-state index is 10.7. The first-order valence-electron chi connectivity index (χ1n) is 3.85. The van der Waals surface area contributed by atoms with E-state index in [0.717, 1.165) is 5.56 Å². The smallest absolute Gasteiger partial charge is 0.407 e. The Balaban J connectivity index is 2.46. The molecule has 0 bridgehead atoms. The van der Waals surface area contributed by atoms with Gasteiger partial charge in [-0.05, 0) is 17.7 Å². The highest BCUT2D eigenvalue weighted by atomic mass is 16.5. The second-order valence-electron chi connectivity index (χ2n) is 2.49. The molecule has 0 aliphatic rings. The number of nitrogens with one attached hydrogen (secondary N) is 1. The van der Waals surface area contributed by atoms with E-state index in [4.69, 9.17) is 9.84 Å². The van der Waals surface area contributed by atoms with Gasteiger partial charge in [-0.3, -0.25) is 0 Å². The van der Waals surface area contributed by atoms with Gasteiger partial charge in [0.25, 0.3) is 0 Å². The zero-order valence-corrected chi connectivity index (χ0v) is 7.28. The lowest BCUT2D eigenvalue weighted by molar-refractivity contribution is 0.142.